The topological polar surface area (TPSA) is 311 Å². The summed E-state index contributed by atoms with van der Waals surface area (Å²) in [5.74, 6) is 0. The highest BCUT2D eigenvalue weighted by molar-refractivity contribution is 4.98. The van der Waals surface area contributed by atoms with E-state index in [0.29, 0.717) is 0 Å². The first-order chi connectivity index (χ1) is 16.2. The van der Waals surface area contributed by atoms with Crippen LogP contribution in [-0.2, 0) is 14.2 Å². The van der Waals surface area contributed by atoms with E-state index in [1.54, 1.807) is 0 Å². The fourth-order valence-electron chi connectivity index (χ4n) is 3.68. The van der Waals surface area contributed by atoms with E-state index in [0.717, 1.165) is 0 Å². The average Bonchev–Trinajstić information content (AvgIpc) is 2.85. The molecule has 0 aromatic carbocycles. The molecule has 2 heterocycles. The van der Waals surface area contributed by atoms with Crippen molar-refractivity contribution < 1.29 is 85.7 Å². The SMILES string of the molecule is OC1C(O)C(O)C(O)C(O)C1O.OC[C@H]1O[C@H](OC[C@H]2O[C@@H](O)[C@H](O)[C@@H](O)[C@@H]2O)[C@H](O)[C@@H](O)[C@H]1O. The molecule has 0 unspecified atom stereocenters. The zero-order valence-electron chi connectivity index (χ0n) is 18.1. The van der Waals surface area contributed by atoms with Gasteiger partial charge >= 0.3 is 0 Å². The van der Waals surface area contributed by atoms with Crippen molar-refractivity contribution in [1.29, 1.82) is 0 Å². The first kappa shape index (κ1) is 30.5. The molecule has 0 aromatic heterocycles. The Balaban J connectivity index is 0.000000303. The van der Waals surface area contributed by atoms with E-state index >= 15 is 0 Å². The zero-order chi connectivity index (χ0) is 26.8. The Morgan fingerprint density at radius 1 is 0.429 bits per heavy atom. The Hall–Kier alpha value is -0.680. The van der Waals surface area contributed by atoms with Crippen molar-refractivity contribution in [2.75, 3.05) is 13.2 Å². The van der Waals surface area contributed by atoms with E-state index < -0.39 is 111 Å². The van der Waals surface area contributed by atoms with E-state index in [4.69, 9.17) is 50.0 Å². The molecular weight excluding hydrogens is 488 g/mol. The molecule has 3 fully saturated rings. The molecule has 1 saturated carbocycles. The number of hydrogen-bond acceptors (Lipinski definition) is 17. The predicted molar refractivity (Wildman–Crippen MR) is 105 cm³/mol. The van der Waals surface area contributed by atoms with Crippen LogP contribution in [0.5, 0.6) is 0 Å². The second-order valence-electron chi connectivity index (χ2n) is 8.51. The summed E-state index contributed by atoms with van der Waals surface area (Å²) in [6.07, 6.45) is -25.1. The minimum atomic E-state index is -1.74. The molecule has 0 amide bonds. The van der Waals surface area contributed by atoms with Gasteiger partial charge in [-0.05, 0) is 0 Å². The Labute approximate surface area is 197 Å². The van der Waals surface area contributed by atoms with Crippen LogP contribution in [0, 0.1) is 0 Å². The van der Waals surface area contributed by atoms with Crippen LogP contribution in [0.4, 0.5) is 0 Å². The molecule has 0 bridgehead atoms. The lowest BCUT2D eigenvalue weighted by Crippen LogP contribution is -2.63. The highest BCUT2D eigenvalue weighted by Crippen LogP contribution is 2.25. The molecule has 3 rings (SSSR count). The third-order valence-corrected chi connectivity index (χ3v) is 6.06. The van der Waals surface area contributed by atoms with Gasteiger partial charge in [0.05, 0.1) is 13.2 Å². The second kappa shape index (κ2) is 12.7. The Bertz CT molecular complexity index is 582. The summed E-state index contributed by atoms with van der Waals surface area (Å²) in [6, 6.07) is 0. The molecule has 17 nitrogen and oxygen atoms in total. The van der Waals surface area contributed by atoms with E-state index in [2.05, 4.69) is 0 Å². The molecule has 35 heavy (non-hydrogen) atoms. The van der Waals surface area contributed by atoms with Gasteiger partial charge in [-0.15, -0.1) is 0 Å². The van der Waals surface area contributed by atoms with Gasteiger partial charge < -0.3 is 85.7 Å². The third kappa shape index (κ3) is 6.61. The molecule has 2 aliphatic heterocycles. The molecule has 0 aromatic rings. The molecule has 2 saturated heterocycles. The second-order valence-corrected chi connectivity index (χ2v) is 8.51. The van der Waals surface area contributed by atoms with Gasteiger partial charge in [-0.3, -0.25) is 0 Å². The summed E-state index contributed by atoms with van der Waals surface area (Å²) in [5, 5.41) is 130. The van der Waals surface area contributed by atoms with Crippen molar-refractivity contribution in [2.24, 2.45) is 0 Å². The Kier molecular flexibility index (Phi) is 11.1. The van der Waals surface area contributed by atoms with Crippen LogP contribution in [-0.4, -0.2) is 183 Å². The fourth-order valence-corrected chi connectivity index (χ4v) is 3.68. The number of ether oxygens (including phenoxy) is 3. The molecular formula is C18H34O17. The normalized spacial score (nSPS) is 53.0. The summed E-state index contributed by atoms with van der Waals surface area (Å²) < 4.78 is 15.1. The van der Waals surface area contributed by atoms with Crippen molar-refractivity contribution >= 4 is 0 Å². The van der Waals surface area contributed by atoms with Crippen molar-refractivity contribution in [3.05, 3.63) is 0 Å². The molecule has 17 heteroatoms. The summed E-state index contributed by atoms with van der Waals surface area (Å²) >= 11 is 0. The van der Waals surface area contributed by atoms with Gasteiger partial charge in [0, 0.05) is 0 Å². The van der Waals surface area contributed by atoms with Crippen LogP contribution < -0.4 is 0 Å². The van der Waals surface area contributed by atoms with Gasteiger partial charge in [0.25, 0.3) is 0 Å². The van der Waals surface area contributed by atoms with Crippen molar-refractivity contribution in [3.63, 3.8) is 0 Å². The number of aliphatic hydroxyl groups excluding tert-OH is 14. The molecule has 0 radical (unpaired) electrons. The lowest BCUT2D eigenvalue weighted by molar-refractivity contribution is -0.325. The molecule has 208 valence electrons. The lowest BCUT2D eigenvalue weighted by Gasteiger charge is -2.41. The fraction of sp³-hybridized carbons (Fsp3) is 1.00. The highest BCUT2D eigenvalue weighted by Gasteiger charge is 2.48. The molecule has 0 spiro atoms. The Morgan fingerprint density at radius 3 is 1.23 bits per heavy atom. The molecule has 10 atom stereocenters. The maximum Gasteiger partial charge on any atom is 0.186 e. The monoisotopic (exact) mass is 522 g/mol. The van der Waals surface area contributed by atoms with Crippen LogP contribution in [0.1, 0.15) is 0 Å². The largest absolute Gasteiger partial charge is 0.394 e. The van der Waals surface area contributed by atoms with Crippen LogP contribution in [0.2, 0.25) is 0 Å². The van der Waals surface area contributed by atoms with Gasteiger partial charge in [0.1, 0.15) is 85.5 Å². The van der Waals surface area contributed by atoms with Crippen LogP contribution in [0.15, 0.2) is 0 Å². The van der Waals surface area contributed by atoms with Gasteiger partial charge in [-0.1, -0.05) is 0 Å². The van der Waals surface area contributed by atoms with E-state index in [9.17, 15) is 35.7 Å². The van der Waals surface area contributed by atoms with Gasteiger partial charge in [-0.2, -0.15) is 0 Å². The van der Waals surface area contributed by atoms with E-state index in [1.165, 1.54) is 0 Å². The minimum absolute atomic E-state index is 0.468. The minimum Gasteiger partial charge on any atom is -0.394 e. The number of aliphatic hydroxyl groups is 14. The third-order valence-electron chi connectivity index (χ3n) is 6.06. The summed E-state index contributed by atoms with van der Waals surface area (Å²) in [6.45, 7) is -1.10. The summed E-state index contributed by atoms with van der Waals surface area (Å²) in [4.78, 5) is 0. The quantitative estimate of drug-likeness (QED) is 0.163. The number of rotatable bonds is 4. The molecule has 14 N–H and O–H groups in total. The maximum atomic E-state index is 9.78. The number of hydrogen-bond donors (Lipinski definition) is 14. The van der Waals surface area contributed by atoms with Crippen LogP contribution >= 0.6 is 0 Å². The maximum absolute atomic E-state index is 9.78. The van der Waals surface area contributed by atoms with Crippen LogP contribution in [0.3, 0.4) is 0 Å². The molecule has 3 aliphatic rings. The summed E-state index contributed by atoms with van der Waals surface area (Å²) in [5.41, 5.74) is 0. The van der Waals surface area contributed by atoms with E-state index in [-0.39, 0.29) is 0 Å². The molecule has 1 aliphatic carbocycles. The Morgan fingerprint density at radius 2 is 0.800 bits per heavy atom. The van der Waals surface area contributed by atoms with Crippen molar-refractivity contribution in [2.45, 2.75) is 98.0 Å². The predicted octanol–water partition coefficient (Wildman–Crippen LogP) is -9.23. The lowest BCUT2D eigenvalue weighted by atomic mass is 9.85. The van der Waals surface area contributed by atoms with Crippen LogP contribution in [0.25, 0.3) is 0 Å². The van der Waals surface area contributed by atoms with Gasteiger partial charge in [-0.25, -0.2) is 0 Å². The highest BCUT2D eigenvalue weighted by atomic mass is 16.7. The van der Waals surface area contributed by atoms with Crippen molar-refractivity contribution in [1.82, 2.24) is 0 Å². The summed E-state index contributed by atoms with van der Waals surface area (Å²) in [7, 11) is 0. The van der Waals surface area contributed by atoms with E-state index in [1.807, 2.05) is 0 Å². The first-order valence-electron chi connectivity index (χ1n) is 10.6. The first-order valence-corrected chi connectivity index (χ1v) is 10.6. The van der Waals surface area contributed by atoms with Gasteiger partial charge in [0.2, 0.25) is 0 Å². The smallest absolute Gasteiger partial charge is 0.186 e. The zero-order valence-corrected chi connectivity index (χ0v) is 18.1. The van der Waals surface area contributed by atoms with Gasteiger partial charge in [0.15, 0.2) is 12.6 Å². The standard InChI is InChI=1S/C12H22O11.C6H12O6/c13-1-3-5(14)8(17)10(19)12(23-3)21-2-4-6(15)7(16)9(18)11(20)22-4;7-1-2(8)4(10)6(12)5(11)3(1)9/h3-20H,1-2H2;1-12H/t3-,4-,5+,6-,7+,8+,9-,10-,11-,12+;/m1./s1. The average molecular weight is 522 g/mol. The van der Waals surface area contributed by atoms with Crippen molar-refractivity contribution in [3.8, 4) is 0 Å².